The SMILES string of the molecule is CC(NC(=O)c1ccc(Br)cn1)c1cccs1. The summed E-state index contributed by atoms with van der Waals surface area (Å²) in [4.78, 5) is 17.1. The molecule has 17 heavy (non-hydrogen) atoms. The van der Waals surface area contributed by atoms with Crippen LogP contribution in [0.1, 0.15) is 28.3 Å². The van der Waals surface area contributed by atoms with Crippen LogP contribution in [-0.2, 0) is 0 Å². The Morgan fingerprint density at radius 3 is 2.88 bits per heavy atom. The van der Waals surface area contributed by atoms with E-state index in [1.54, 1.807) is 29.7 Å². The minimum absolute atomic E-state index is 0.00736. The predicted octanol–water partition coefficient (Wildman–Crippen LogP) is 3.40. The van der Waals surface area contributed by atoms with Crippen molar-refractivity contribution in [2.75, 3.05) is 0 Å². The lowest BCUT2D eigenvalue weighted by Crippen LogP contribution is -2.26. The number of amides is 1. The third-order valence-corrected chi connectivity index (χ3v) is 3.80. The second kappa shape index (κ2) is 5.42. The minimum atomic E-state index is -0.154. The maximum absolute atomic E-state index is 11.9. The van der Waals surface area contributed by atoms with Crippen molar-refractivity contribution in [3.8, 4) is 0 Å². The topological polar surface area (TPSA) is 42.0 Å². The Labute approximate surface area is 112 Å². The highest BCUT2D eigenvalue weighted by atomic mass is 79.9. The third-order valence-electron chi connectivity index (χ3n) is 2.28. The van der Waals surface area contributed by atoms with E-state index < -0.39 is 0 Å². The number of halogens is 1. The van der Waals surface area contributed by atoms with Crippen molar-refractivity contribution in [2.24, 2.45) is 0 Å². The smallest absolute Gasteiger partial charge is 0.270 e. The second-order valence-corrected chi connectivity index (χ2v) is 5.47. The van der Waals surface area contributed by atoms with E-state index in [1.807, 2.05) is 24.4 Å². The lowest BCUT2D eigenvalue weighted by atomic mass is 10.2. The quantitative estimate of drug-likeness (QED) is 0.944. The molecule has 0 aliphatic carbocycles. The van der Waals surface area contributed by atoms with Crippen LogP contribution in [0.2, 0.25) is 0 Å². The van der Waals surface area contributed by atoms with E-state index in [-0.39, 0.29) is 11.9 Å². The summed E-state index contributed by atoms with van der Waals surface area (Å²) in [5, 5.41) is 4.91. The van der Waals surface area contributed by atoms with Gasteiger partial charge in [-0.15, -0.1) is 11.3 Å². The van der Waals surface area contributed by atoms with Gasteiger partial charge in [0.1, 0.15) is 5.69 Å². The Bertz CT molecular complexity index is 496. The maximum atomic E-state index is 11.9. The van der Waals surface area contributed by atoms with E-state index in [1.165, 1.54) is 0 Å². The summed E-state index contributed by atoms with van der Waals surface area (Å²) in [6.45, 7) is 1.96. The summed E-state index contributed by atoms with van der Waals surface area (Å²) in [7, 11) is 0. The number of hydrogen-bond acceptors (Lipinski definition) is 3. The van der Waals surface area contributed by atoms with Gasteiger partial charge in [-0.05, 0) is 46.4 Å². The van der Waals surface area contributed by atoms with E-state index in [2.05, 4.69) is 26.2 Å². The molecule has 0 aromatic carbocycles. The Morgan fingerprint density at radius 2 is 2.29 bits per heavy atom. The van der Waals surface area contributed by atoms with Gasteiger partial charge in [-0.25, -0.2) is 4.98 Å². The maximum Gasteiger partial charge on any atom is 0.270 e. The summed E-state index contributed by atoms with van der Waals surface area (Å²) in [5.74, 6) is -0.154. The molecule has 5 heteroatoms. The molecule has 1 amide bonds. The predicted molar refractivity (Wildman–Crippen MR) is 72.1 cm³/mol. The van der Waals surface area contributed by atoms with Gasteiger partial charge < -0.3 is 5.32 Å². The summed E-state index contributed by atoms with van der Waals surface area (Å²) < 4.78 is 0.861. The largest absolute Gasteiger partial charge is 0.343 e. The van der Waals surface area contributed by atoms with Crippen LogP contribution in [0, 0.1) is 0 Å². The van der Waals surface area contributed by atoms with Gasteiger partial charge in [0.25, 0.3) is 5.91 Å². The zero-order valence-corrected chi connectivity index (χ0v) is 11.6. The molecule has 1 atom stereocenters. The third kappa shape index (κ3) is 3.14. The van der Waals surface area contributed by atoms with E-state index in [0.717, 1.165) is 9.35 Å². The normalized spacial score (nSPS) is 12.1. The molecule has 2 rings (SSSR count). The highest BCUT2D eigenvalue weighted by molar-refractivity contribution is 9.10. The van der Waals surface area contributed by atoms with Crippen molar-refractivity contribution in [3.05, 3.63) is 50.9 Å². The van der Waals surface area contributed by atoms with Crippen LogP contribution in [0.4, 0.5) is 0 Å². The van der Waals surface area contributed by atoms with Gasteiger partial charge in [0.05, 0.1) is 6.04 Å². The van der Waals surface area contributed by atoms with Crippen LogP contribution in [0.3, 0.4) is 0 Å². The average molecular weight is 311 g/mol. The Balaban J connectivity index is 2.04. The van der Waals surface area contributed by atoms with Gasteiger partial charge in [0, 0.05) is 15.5 Å². The molecule has 1 N–H and O–H groups in total. The number of hydrogen-bond donors (Lipinski definition) is 1. The first kappa shape index (κ1) is 12.3. The molecule has 2 aromatic rings. The lowest BCUT2D eigenvalue weighted by molar-refractivity contribution is 0.0935. The molecule has 0 saturated carbocycles. The molecule has 0 fully saturated rings. The van der Waals surface area contributed by atoms with Crippen molar-refractivity contribution in [2.45, 2.75) is 13.0 Å². The van der Waals surface area contributed by atoms with Crippen LogP contribution in [-0.4, -0.2) is 10.9 Å². The van der Waals surface area contributed by atoms with Crippen LogP contribution in [0.25, 0.3) is 0 Å². The van der Waals surface area contributed by atoms with Crippen molar-refractivity contribution in [1.29, 1.82) is 0 Å². The summed E-state index contributed by atoms with van der Waals surface area (Å²) in [6.07, 6.45) is 1.62. The van der Waals surface area contributed by atoms with Gasteiger partial charge in [-0.1, -0.05) is 6.07 Å². The molecule has 0 saturated heterocycles. The first-order valence-electron chi connectivity index (χ1n) is 5.12. The van der Waals surface area contributed by atoms with Crippen LogP contribution < -0.4 is 5.32 Å². The first-order chi connectivity index (χ1) is 8.16. The molecule has 2 aromatic heterocycles. The van der Waals surface area contributed by atoms with Crippen LogP contribution in [0.15, 0.2) is 40.3 Å². The van der Waals surface area contributed by atoms with Crippen molar-refractivity contribution < 1.29 is 4.79 Å². The van der Waals surface area contributed by atoms with Crippen LogP contribution in [0.5, 0.6) is 0 Å². The highest BCUT2D eigenvalue weighted by Crippen LogP contribution is 2.18. The van der Waals surface area contributed by atoms with E-state index >= 15 is 0 Å². The Kier molecular flexibility index (Phi) is 3.91. The number of carbonyl (C=O) groups excluding carboxylic acids is 1. The zero-order valence-electron chi connectivity index (χ0n) is 9.18. The molecule has 88 valence electrons. The Hall–Kier alpha value is -1.20. The molecule has 0 bridgehead atoms. The molecule has 0 aliphatic rings. The molecular formula is C12H11BrN2OS. The van der Waals surface area contributed by atoms with Gasteiger partial charge in [-0.2, -0.15) is 0 Å². The number of aromatic nitrogens is 1. The highest BCUT2D eigenvalue weighted by Gasteiger charge is 2.12. The number of nitrogens with zero attached hydrogens (tertiary/aromatic N) is 1. The number of carbonyl (C=O) groups is 1. The standard InChI is InChI=1S/C12H11BrN2OS/c1-8(11-3-2-6-17-11)15-12(16)10-5-4-9(13)7-14-10/h2-8H,1H3,(H,15,16). The summed E-state index contributed by atoms with van der Waals surface area (Å²) >= 11 is 4.91. The average Bonchev–Trinajstić information content (AvgIpc) is 2.83. The minimum Gasteiger partial charge on any atom is -0.343 e. The summed E-state index contributed by atoms with van der Waals surface area (Å²) in [6, 6.07) is 7.48. The number of rotatable bonds is 3. The molecule has 0 radical (unpaired) electrons. The van der Waals surface area contributed by atoms with Gasteiger partial charge in [0.15, 0.2) is 0 Å². The van der Waals surface area contributed by atoms with E-state index in [0.29, 0.717) is 5.69 Å². The molecule has 0 spiro atoms. The van der Waals surface area contributed by atoms with Crippen LogP contribution >= 0.6 is 27.3 Å². The zero-order chi connectivity index (χ0) is 12.3. The van der Waals surface area contributed by atoms with Crippen molar-refractivity contribution >= 4 is 33.2 Å². The fourth-order valence-electron chi connectivity index (χ4n) is 1.39. The number of thiophene rings is 1. The van der Waals surface area contributed by atoms with Crippen molar-refractivity contribution in [1.82, 2.24) is 10.3 Å². The van der Waals surface area contributed by atoms with Gasteiger partial charge in [0.2, 0.25) is 0 Å². The fraction of sp³-hybridized carbons (Fsp3) is 0.167. The number of pyridine rings is 1. The fourth-order valence-corrected chi connectivity index (χ4v) is 2.36. The van der Waals surface area contributed by atoms with E-state index in [4.69, 9.17) is 0 Å². The van der Waals surface area contributed by atoms with Crippen molar-refractivity contribution in [3.63, 3.8) is 0 Å². The molecule has 2 heterocycles. The monoisotopic (exact) mass is 310 g/mol. The van der Waals surface area contributed by atoms with Gasteiger partial charge in [-0.3, -0.25) is 4.79 Å². The summed E-state index contributed by atoms with van der Waals surface area (Å²) in [5.41, 5.74) is 0.427. The first-order valence-corrected chi connectivity index (χ1v) is 6.80. The molecule has 0 aliphatic heterocycles. The molecular weight excluding hydrogens is 300 g/mol. The van der Waals surface area contributed by atoms with Gasteiger partial charge >= 0.3 is 0 Å². The second-order valence-electron chi connectivity index (χ2n) is 3.57. The Morgan fingerprint density at radius 1 is 1.47 bits per heavy atom. The lowest BCUT2D eigenvalue weighted by Gasteiger charge is -2.11. The van der Waals surface area contributed by atoms with E-state index in [9.17, 15) is 4.79 Å². The molecule has 1 unspecified atom stereocenters. The molecule has 3 nitrogen and oxygen atoms in total. The number of nitrogens with one attached hydrogen (secondary N) is 1.